The Bertz CT molecular complexity index is 454. The van der Waals surface area contributed by atoms with Crippen LogP contribution in [-0.2, 0) is 4.74 Å². The largest absolute Gasteiger partial charge is 0.377 e. The third-order valence-corrected chi connectivity index (χ3v) is 3.31. The number of amides is 1. The standard InChI is InChI=1S/C14H18F2N2O2/c15-11-7-10(8-12(16)9-11)14(19)18-4-1-13(2-5-18)20-6-3-17/h7-9,13H,1-6,17H2. The van der Waals surface area contributed by atoms with Crippen LogP contribution >= 0.6 is 0 Å². The molecule has 1 aliphatic rings. The van der Waals surface area contributed by atoms with Crippen molar-refractivity contribution >= 4 is 5.91 Å². The average Bonchev–Trinajstić information content (AvgIpc) is 2.44. The number of likely N-dealkylation sites (tertiary alicyclic amines) is 1. The zero-order valence-corrected chi connectivity index (χ0v) is 11.1. The molecule has 1 aromatic rings. The van der Waals surface area contributed by atoms with Crippen molar-refractivity contribution < 1.29 is 18.3 Å². The van der Waals surface area contributed by atoms with Crippen LogP contribution in [0.5, 0.6) is 0 Å². The Kier molecular flexibility index (Phi) is 5.03. The summed E-state index contributed by atoms with van der Waals surface area (Å²) in [5.41, 5.74) is 5.41. The molecule has 110 valence electrons. The van der Waals surface area contributed by atoms with Crippen LogP contribution in [-0.4, -0.2) is 43.2 Å². The first-order chi connectivity index (χ1) is 9.60. The second kappa shape index (κ2) is 6.76. The van der Waals surface area contributed by atoms with Gasteiger partial charge in [0.25, 0.3) is 5.91 Å². The monoisotopic (exact) mass is 284 g/mol. The predicted octanol–water partition coefficient (Wildman–Crippen LogP) is 1.54. The molecule has 0 saturated carbocycles. The molecular weight excluding hydrogens is 266 g/mol. The third-order valence-electron chi connectivity index (χ3n) is 3.31. The molecule has 1 aromatic carbocycles. The highest BCUT2D eigenvalue weighted by Gasteiger charge is 2.24. The maximum absolute atomic E-state index is 13.1. The normalized spacial score (nSPS) is 16.4. The van der Waals surface area contributed by atoms with E-state index in [0.29, 0.717) is 39.1 Å². The fraction of sp³-hybridized carbons (Fsp3) is 0.500. The minimum atomic E-state index is -0.741. The van der Waals surface area contributed by atoms with Crippen molar-refractivity contribution in [2.24, 2.45) is 5.73 Å². The molecule has 4 nitrogen and oxygen atoms in total. The van der Waals surface area contributed by atoms with Crippen LogP contribution in [0, 0.1) is 11.6 Å². The number of halogens is 2. The van der Waals surface area contributed by atoms with Gasteiger partial charge in [0, 0.05) is 31.3 Å². The van der Waals surface area contributed by atoms with Gasteiger partial charge in [-0.05, 0) is 25.0 Å². The van der Waals surface area contributed by atoms with Gasteiger partial charge in [-0.2, -0.15) is 0 Å². The van der Waals surface area contributed by atoms with Crippen molar-refractivity contribution in [1.82, 2.24) is 4.90 Å². The maximum Gasteiger partial charge on any atom is 0.254 e. The maximum atomic E-state index is 13.1. The van der Waals surface area contributed by atoms with E-state index in [1.165, 1.54) is 0 Å². The smallest absolute Gasteiger partial charge is 0.254 e. The van der Waals surface area contributed by atoms with Gasteiger partial charge in [0.15, 0.2) is 0 Å². The van der Waals surface area contributed by atoms with E-state index in [4.69, 9.17) is 10.5 Å². The lowest BCUT2D eigenvalue weighted by molar-refractivity contribution is 0.0121. The van der Waals surface area contributed by atoms with Crippen molar-refractivity contribution in [3.8, 4) is 0 Å². The van der Waals surface area contributed by atoms with Gasteiger partial charge in [0.05, 0.1) is 12.7 Å². The number of ether oxygens (including phenoxy) is 1. The van der Waals surface area contributed by atoms with Crippen LogP contribution in [0.1, 0.15) is 23.2 Å². The Labute approximate surface area is 116 Å². The zero-order chi connectivity index (χ0) is 14.5. The fourth-order valence-electron chi connectivity index (χ4n) is 2.32. The number of hydrogen-bond acceptors (Lipinski definition) is 3. The molecule has 0 spiro atoms. The van der Waals surface area contributed by atoms with Gasteiger partial charge in [-0.25, -0.2) is 8.78 Å². The van der Waals surface area contributed by atoms with E-state index in [-0.39, 0.29) is 17.6 Å². The van der Waals surface area contributed by atoms with Crippen molar-refractivity contribution in [1.29, 1.82) is 0 Å². The molecule has 1 aliphatic heterocycles. The number of nitrogens with zero attached hydrogens (tertiary/aromatic N) is 1. The van der Waals surface area contributed by atoms with Crippen molar-refractivity contribution in [2.45, 2.75) is 18.9 Å². The minimum absolute atomic E-state index is 0.0452. The van der Waals surface area contributed by atoms with Crippen LogP contribution in [0.4, 0.5) is 8.78 Å². The van der Waals surface area contributed by atoms with E-state index >= 15 is 0 Å². The molecule has 2 N–H and O–H groups in total. The van der Waals surface area contributed by atoms with Crippen LogP contribution in [0.25, 0.3) is 0 Å². The quantitative estimate of drug-likeness (QED) is 0.912. The number of carbonyl (C=O) groups is 1. The predicted molar refractivity (Wildman–Crippen MR) is 70.3 cm³/mol. The molecule has 0 aliphatic carbocycles. The molecule has 20 heavy (non-hydrogen) atoms. The first-order valence-corrected chi connectivity index (χ1v) is 6.67. The van der Waals surface area contributed by atoms with Crippen molar-refractivity contribution in [3.05, 3.63) is 35.4 Å². The molecule has 0 radical (unpaired) electrons. The summed E-state index contributed by atoms with van der Waals surface area (Å²) >= 11 is 0. The van der Waals surface area contributed by atoms with Gasteiger partial charge >= 0.3 is 0 Å². The molecule has 0 atom stereocenters. The molecule has 1 fully saturated rings. The first-order valence-electron chi connectivity index (χ1n) is 6.67. The van der Waals surface area contributed by atoms with Gasteiger partial charge in [-0.15, -0.1) is 0 Å². The average molecular weight is 284 g/mol. The fourth-order valence-corrected chi connectivity index (χ4v) is 2.32. The summed E-state index contributed by atoms with van der Waals surface area (Å²) < 4.78 is 31.7. The van der Waals surface area contributed by atoms with Gasteiger partial charge in [0.2, 0.25) is 0 Å². The first kappa shape index (κ1) is 14.9. The summed E-state index contributed by atoms with van der Waals surface area (Å²) in [4.78, 5) is 13.8. The van der Waals surface area contributed by atoms with Crippen LogP contribution in [0.3, 0.4) is 0 Å². The van der Waals surface area contributed by atoms with E-state index in [0.717, 1.165) is 18.2 Å². The molecule has 6 heteroatoms. The number of carbonyl (C=O) groups excluding carboxylic acids is 1. The minimum Gasteiger partial charge on any atom is -0.377 e. The van der Waals surface area contributed by atoms with E-state index in [2.05, 4.69) is 0 Å². The number of hydrogen-bond donors (Lipinski definition) is 1. The Balaban J connectivity index is 1.94. The van der Waals surface area contributed by atoms with E-state index < -0.39 is 11.6 Å². The topological polar surface area (TPSA) is 55.6 Å². The van der Waals surface area contributed by atoms with Gasteiger partial charge < -0.3 is 15.4 Å². The summed E-state index contributed by atoms with van der Waals surface area (Å²) in [6.07, 6.45) is 1.53. The molecule has 1 saturated heterocycles. The summed E-state index contributed by atoms with van der Waals surface area (Å²) in [6, 6.07) is 2.87. The Hall–Kier alpha value is -1.53. The van der Waals surface area contributed by atoms with E-state index in [1.54, 1.807) is 4.90 Å². The lowest BCUT2D eigenvalue weighted by atomic mass is 10.1. The number of benzene rings is 1. The highest BCUT2D eigenvalue weighted by molar-refractivity contribution is 5.94. The Morgan fingerprint density at radius 3 is 2.40 bits per heavy atom. The van der Waals surface area contributed by atoms with Crippen molar-refractivity contribution in [3.63, 3.8) is 0 Å². The number of rotatable bonds is 4. The van der Waals surface area contributed by atoms with Gasteiger partial charge in [0.1, 0.15) is 11.6 Å². The van der Waals surface area contributed by atoms with Gasteiger partial charge in [-0.1, -0.05) is 0 Å². The highest BCUT2D eigenvalue weighted by atomic mass is 19.1. The SMILES string of the molecule is NCCOC1CCN(C(=O)c2cc(F)cc(F)c2)CC1. The molecule has 0 unspecified atom stereocenters. The Morgan fingerprint density at radius 2 is 1.85 bits per heavy atom. The van der Waals surface area contributed by atoms with Crippen LogP contribution in [0.15, 0.2) is 18.2 Å². The summed E-state index contributed by atoms with van der Waals surface area (Å²) in [7, 11) is 0. The molecule has 1 heterocycles. The van der Waals surface area contributed by atoms with Crippen LogP contribution < -0.4 is 5.73 Å². The van der Waals surface area contributed by atoms with Gasteiger partial charge in [-0.3, -0.25) is 4.79 Å². The molecular formula is C14H18F2N2O2. The third kappa shape index (κ3) is 3.74. The number of piperidine rings is 1. The highest BCUT2D eigenvalue weighted by Crippen LogP contribution is 2.17. The molecule has 0 bridgehead atoms. The second-order valence-electron chi connectivity index (χ2n) is 4.81. The van der Waals surface area contributed by atoms with E-state index in [1.807, 2.05) is 0 Å². The lowest BCUT2D eigenvalue weighted by Gasteiger charge is -2.32. The second-order valence-corrected chi connectivity index (χ2v) is 4.81. The van der Waals surface area contributed by atoms with E-state index in [9.17, 15) is 13.6 Å². The Morgan fingerprint density at radius 1 is 1.25 bits per heavy atom. The summed E-state index contributed by atoms with van der Waals surface area (Å²) in [5, 5.41) is 0. The number of nitrogens with two attached hydrogens (primary N) is 1. The lowest BCUT2D eigenvalue weighted by Crippen LogP contribution is -2.41. The van der Waals surface area contributed by atoms with Crippen LogP contribution in [0.2, 0.25) is 0 Å². The van der Waals surface area contributed by atoms with Crippen molar-refractivity contribution in [2.75, 3.05) is 26.2 Å². The molecule has 0 aromatic heterocycles. The molecule has 2 rings (SSSR count). The summed E-state index contributed by atoms with van der Waals surface area (Å²) in [5.74, 6) is -1.83. The molecule has 1 amide bonds. The summed E-state index contributed by atoms with van der Waals surface area (Å²) in [6.45, 7) is 2.02. The zero-order valence-electron chi connectivity index (χ0n) is 11.1.